The molecule has 0 radical (unpaired) electrons. The molecule has 1 saturated heterocycles. The molecule has 20 heavy (non-hydrogen) atoms. The maximum atomic E-state index is 11.7. The summed E-state index contributed by atoms with van der Waals surface area (Å²) in [5.74, 6) is -0.813. The quantitative estimate of drug-likeness (QED) is 0.608. The summed E-state index contributed by atoms with van der Waals surface area (Å²) in [7, 11) is 0. The van der Waals surface area contributed by atoms with Gasteiger partial charge in [0.2, 0.25) is 11.8 Å². The molecule has 0 unspecified atom stereocenters. The number of primary amides is 1. The third-order valence-corrected chi connectivity index (χ3v) is 3.19. The maximum absolute atomic E-state index is 11.7. The van der Waals surface area contributed by atoms with E-state index in [2.05, 4.69) is 5.32 Å². The average Bonchev–Trinajstić information content (AvgIpc) is 2.38. The SMILES string of the molecule is CCOC(=O)CCC(=O)NC1CCN(CC(N)=O)CC1. The van der Waals surface area contributed by atoms with Gasteiger partial charge in [0.15, 0.2) is 0 Å². The summed E-state index contributed by atoms with van der Waals surface area (Å²) >= 11 is 0. The Hall–Kier alpha value is -1.63. The van der Waals surface area contributed by atoms with Crippen molar-refractivity contribution in [2.45, 2.75) is 38.6 Å². The molecule has 1 heterocycles. The van der Waals surface area contributed by atoms with Crippen LogP contribution in [0.15, 0.2) is 0 Å². The molecule has 1 rings (SSSR count). The third kappa shape index (κ3) is 6.51. The Morgan fingerprint density at radius 2 is 1.90 bits per heavy atom. The van der Waals surface area contributed by atoms with Crippen LogP contribution in [-0.4, -0.2) is 55.0 Å². The molecular weight excluding hydrogens is 262 g/mol. The van der Waals surface area contributed by atoms with Crippen molar-refractivity contribution in [3.05, 3.63) is 0 Å². The lowest BCUT2D eigenvalue weighted by Crippen LogP contribution is -2.46. The van der Waals surface area contributed by atoms with Gasteiger partial charge in [-0.2, -0.15) is 0 Å². The number of nitrogens with zero attached hydrogens (tertiary/aromatic N) is 1. The minimum atomic E-state index is -0.348. The monoisotopic (exact) mass is 285 g/mol. The molecule has 0 aromatic carbocycles. The van der Waals surface area contributed by atoms with Crippen LogP contribution in [0.25, 0.3) is 0 Å². The minimum Gasteiger partial charge on any atom is -0.466 e. The Labute approximate surface area is 118 Å². The Bertz CT molecular complexity index is 352. The number of carbonyl (C=O) groups is 3. The fourth-order valence-corrected chi connectivity index (χ4v) is 2.20. The fourth-order valence-electron chi connectivity index (χ4n) is 2.20. The van der Waals surface area contributed by atoms with Crippen LogP contribution in [0.1, 0.15) is 32.6 Å². The van der Waals surface area contributed by atoms with Crippen molar-refractivity contribution in [3.8, 4) is 0 Å². The van der Waals surface area contributed by atoms with Crippen LogP contribution in [0.3, 0.4) is 0 Å². The Morgan fingerprint density at radius 3 is 2.45 bits per heavy atom. The molecule has 7 nitrogen and oxygen atoms in total. The van der Waals surface area contributed by atoms with E-state index in [1.807, 2.05) is 4.90 Å². The van der Waals surface area contributed by atoms with Crippen molar-refractivity contribution in [3.63, 3.8) is 0 Å². The fraction of sp³-hybridized carbons (Fsp3) is 0.769. The summed E-state index contributed by atoms with van der Waals surface area (Å²) < 4.78 is 4.76. The zero-order valence-corrected chi connectivity index (χ0v) is 11.9. The largest absolute Gasteiger partial charge is 0.466 e. The number of ether oxygens (including phenoxy) is 1. The minimum absolute atomic E-state index is 0.105. The van der Waals surface area contributed by atoms with Gasteiger partial charge in [0.25, 0.3) is 0 Å². The molecule has 3 N–H and O–H groups in total. The first-order valence-electron chi connectivity index (χ1n) is 6.97. The van der Waals surface area contributed by atoms with Crippen molar-refractivity contribution < 1.29 is 19.1 Å². The molecule has 0 bridgehead atoms. The van der Waals surface area contributed by atoms with E-state index in [0.29, 0.717) is 6.61 Å². The van der Waals surface area contributed by atoms with Crippen LogP contribution >= 0.6 is 0 Å². The molecule has 1 aliphatic heterocycles. The predicted molar refractivity (Wildman–Crippen MR) is 72.7 cm³/mol. The molecular formula is C13H23N3O4. The molecule has 0 atom stereocenters. The molecule has 7 heteroatoms. The number of nitrogens with one attached hydrogen (secondary N) is 1. The van der Waals surface area contributed by atoms with Gasteiger partial charge in [-0.05, 0) is 19.8 Å². The van der Waals surface area contributed by atoms with Crippen LogP contribution in [0.5, 0.6) is 0 Å². The molecule has 0 spiro atoms. The number of hydrogen-bond donors (Lipinski definition) is 2. The summed E-state index contributed by atoms with van der Waals surface area (Å²) in [5.41, 5.74) is 5.14. The van der Waals surface area contributed by atoms with Crippen LogP contribution in [0.2, 0.25) is 0 Å². The number of piperidine rings is 1. The highest BCUT2D eigenvalue weighted by atomic mass is 16.5. The highest BCUT2D eigenvalue weighted by Crippen LogP contribution is 2.10. The van der Waals surface area contributed by atoms with E-state index in [4.69, 9.17) is 10.5 Å². The molecule has 0 aliphatic carbocycles. The number of carbonyl (C=O) groups excluding carboxylic acids is 3. The zero-order chi connectivity index (χ0) is 15.0. The van der Waals surface area contributed by atoms with Gasteiger partial charge in [0.1, 0.15) is 0 Å². The summed E-state index contributed by atoms with van der Waals surface area (Å²) in [4.78, 5) is 35.6. The van der Waals surface area contributed by atoms with Crippen LogP contribution in [-0.2, 0) is 19.1 Å². The molecule has 1 fully saturated rings. The van der Waals surface area contributed by atoms with Gasteiger partial charge in [-0.25, -0.2) is 0 Å². The van der Waals surface area contributed by atoms with E-state index in [0.717, 1.165) is 25.9 Å². The Balaban J connectivity index is 2.18. The van der Waals surface area contributed by atoms with Gasteiger partial charge in [0, 0.05) is 25.6 Å². The van der Waals surface area contributed by atoms with Crippen LogP contribution < -0.4 is 11.1 Å². The number of nitrogens with two attached hydrogens (primary N) is 1. The molecule has 0 aromatic heterocycles. The van der Waals surface area contributed by atoms with Gasteiger partial charge in [0.05, 0.1) is 19.6 Å². The van der Waals surface area contributed by atoms with Crippen LogP contribution in [0, 0.1) is 0 Å². The van der Waals surface area contributed by atoms with E-state index < -0.39 is 0 Å². The maximum Gasteiger partial charge on any atom is 0.306 e. The van der Waals surface area contributed by atoms with E-state index >= 15 is 0 Å². The highest BCUT2D eigenvalue weighted by molar-refractivity contribution is 5.81. The zero-order valence-electron chi connectivity index (χ0n) is 11.9. The number of esters is 1. The number of amides is 2. The van der Waals surface area contributed by atoms with Crippen molar-refractivity contribution in [2.75, 3.05) is 26.2 Å². The van der Waals surface area contributed by atoms with Crippen molar-refractivity contribution in [1.82, 2.24) is 10.2 Å². The van der Waals surface area contributed by atoms with Crippen LogP contribution in [0.4, 0.5) is 0 Å². The second-order valence-corrected chi connectivity index (χ2v) is 4.89. The Kier molecular flexibility index (Phi) is 7.00. The number of rotatable bonds is 7. The summed E-state index contributed by atoms with van der Waals surface area (Å²) in [6.07, 6.45) is 1.84. The second kappa shape index (κ2) is 8.52. The van der Waals surface area contributed by atoms with E-state index in [9.17, 15) is 14.4 Å². The second-order valence-electron chi connectivity index (χ2n) is 4.89. The van der Waals surface area contributed by atoms with Crippen molar-refractivity contribution in [2.24, 2.45) is 5.73 Å². The average molecular weight is 285 g/mol. The summed E-state index contributed by atoms with van der Waals surface area (Å²) in [5, 5.41) is 2.90. The lowest BCUT2D eigenvalue weighted by atomic mass is 10.0. The van der Waals surface area contributed by atoms with E-state index in [1.54, 1.807) is 6.92 Å². The standard InChI is InChI=1S/C13H23N3O4/c1-2-20-13(19)4-3-12(18)15-10-5-7-16(8-6-10)9-11(14)17/h10H,2-9H2,1H3,(H2,14,17)(H,15,18). The topological polar surface area (TPSA) is 102 Å². The predicted octanol–water partition coefficient (Wildman–Crippen LogP) is -0.604. The molecule has 0 saturated carbocycles. The molecule has 114 valence electrons. The summed E-state index contributed by atoms with van der Waals surface area (Å²) in [6.45, 7) is 3.82. The van der Waals surface area contributed by atoms with Gasteiger partial charge < -0.3 is 15.8 Å². The van der Waals surface area contributed by atoms with Gasteiger partial charge >= 0.3 is 5.97 Å². The first kappa shape index (κ1) is 16.4. The molecule has 2 amide bonds. The number of hydrogen-bond acceptors (Lipinski definition) is 5. The number of likely N-dealkylation sites (tertiary alicyclic amines) is 1. The molecule has 1 aliphatic rings. The van der Waals surface area contributed by atoms with E-state index in [-0.39, 0.29) is 43.2 Å². The normalized spacial score (nSPS) is 16.6. The van der Waals surface area contributed by atoms with Gasteiger partial charge in [-0.1, -0.05) is 0 Å². The third-order valence-electron chi connectivity index (χ3n) is 3.19. The first-order valence-corrected chi connectivity index (χ1v) is 6.97. The van der Waals surface area contributed by atoms with E-state index in [1.165, 1.54) is 0 Å². The lowest BCUT2D eigenvalue weighted by Gasteiger charge is -2.31. The van der Waals surface area contributed by atoms with Gasteiger partial charge in [-0.15, -0.1) is 0 Å². The van der Waals surface area contributed by atoms with Crippen molar-refractivity contribution >= 4 is 17.8 Å². The lowest BCUT2D eigenvalue weighted by molar-refractivity contribution is -0.144. The highest BCUT2D eigenvalue weighted by Gasteiger charge is 2.21. The van der Waals surface area contributed by atoms with Crippen molar-refractivity contribution in [1.29, 1.82) is 0 Å². The smallest absolute Gasteiger partial charge is 0.306 e. The first-order chi connectivity index (χ1) is 9.51. The molecule has 0 aromatic rings. The Morgan fingerprint density at radius 1 is 1.25 bits per heavy atom. The van der Waals surface area contributed by atoms with Gasteiger partial charge in [-0.3, -0.25) is 19.3 Å². The summed E-state index contributed by atoms with van der Waals surface area (Å²) in [6, 6.07) is 0.105.